The summed E-state index contributed by atoms with van der Waals surface area (Å²) >= 11 is 3.39. The number of hydrogen-bond acceptors (Lipinski definition) is 1. The summed E-state index contributed by atoms with van der Waals surface area (Å²) in [5.41, 5.74) is 0. The van der Waals surface area contributed by atoms with Crippen LogP contribution in [0.15, 0.2) is 41.5 Å². The molecule has 1 aromatic carbocycles. The summed E-state index contributed by atoms with van der Waals surface area (Å²) in [4.78, 5) is 0. The maximum Gasteiger partial charge on any atom is 0.199 e. The van der Waals surface area contributed by atoms with E-state index in [1.807, 2.05) is 24.4 Å². The molecule has 1 aromatic heterocycles. The zero-order chi connectivity index (χ0) is 10.1. The molecule has 0 fully saturated rings. The molecule has 2 nitrogen and oxygen atoms in total. The van der Waals surface area contributed by atoms with Crippen molar-refractivity contribution < 1.29 is 5.11 Å². The highest BCUT2D eigenvalue weighted by atomic mass is 79.9. The SMILES string of the molecule is C=CCn1cc2cc(Br)ccc2c1O. The van der Waals surface area contributed by atoms with Crippen LogP contribution in [0.4, 0.5) is 0 Å². The van der Waals surface area contributed by atoms with E-state index in [-0.39, 0.29) is 0 Å². The average Bonchev–Trinajstić information content (AvgIpc) is 2.44. The fourth-order valence-corrected chi connectivity index (χ4v) is 1.88. The predicted molar refractivity (Wildman–Crippen MR) is 61.5 cm³/mol. The largest absolute Gasteiger partial charge is 0.494 e. The van der Waals surface area contributed by atoms with Crippen LogP contribution in [0.1, 0.15) is 0 Å². The molecule has 0 unspecified atom stereocenters. The van der Waals surface area contributed by atoms with E-state index in [2.05, 4.69) is 22.5 Å². The molecular formula is C11H10BrNO. The van der Waals surface area contributed by atoms with Gasteiger partial charge in [-0.25, -0.2) is 0 Å². The summed E-state index contributed by atoms with van der Waals surface area (Å²) in [5.74, 6) is 0.299. The van der Waals surface area contributed by atoms with Crippen molar-refractivity contribution in [2.24, 2.45) is 0 Å². The van der Waals surface area contributed by atoms with Crippen molar-refractivity contribution in [1.29, 1.82) is 0 Å². The molecule has 2 rings (SSSR count). The van der Waals surface area contributed by atoms with E-state index in [1.54, 1.807) is 10.6 Å². The minimum Gasteiger partial charge on any atom is -0.494 e. The van der Waals surface area contributed by atoms with E-state index in [1.165, 1.54) is 0 Å². The van der Waals surface area contributed by atoms with Crippen molar-refractivity contribution in [3.05, 3.63) is 41.5 Å². The molecule has 0 saturated carbocycles. The molecule has 14 heavy (non-hydrogen) atoms. The fraction of sp³-hybridized carbons (Fsp3) is 0.0909. The predicted octanol–water partition coefficient (Wildman–Crippen LogP) is 3.30. The molecule has 0 atom stereocenters. The lowest BCUT2D eigenvalue weighted by molar-refractivity contribution is 0.431. The van der Waals surface area contributed by atoms with Crippen LogP contribution in [0.3, 0.4) is 0 Å². The minimum absolute atomic E-state index is 0.299. The van der Waals surface area contributed by atoms with Gasteiger partial charge in [-0.15, -0.1) is 6.58 Å². The van der Waals surface area contributed by atoms with Gasteiger partial charge in [0.1, 0.15) is 0 Å². The lowest BCUT2D eigenvalue weighted by Crippen LogP contribution is -1.89. The van der Waals surface area contributed by atoms with Crippen LogP contribution >= 0.6 is 15.9 Å². The number of nitrogens with zero attached hydrogens (tertiary/aromatic N) is 1. The van der Waals surface area contributed by atoms with Crippen molar-refractivity contribution in [2.75, 3.05) is 0 Å². The van der Waals surface area contributed by atoms with Crippen molar-refractivity contribution in [1.82, 2.24) is 4.57 Å². The molecule has 2 aromatic rings. The molecule has 0 aliphatic heterocycles. The standard InChI is InChI=1S/C11H10BrNO/c1-2-5-13-7-8-6-9(12)3-4-10(8)11(13)14/h2-4,6-7,14H,1,5H2. The number of allylic oxidation sites excluding steroid dienone is 1. The first-order valence-electron chi connectivity index (χ1n) is 4.30. The molecule has 72 valence electrons. The van der Waals surface area contributed by atoms with Crippen molar-refractivity contribution in [3.8, 4) is 5.88 Å². The monoisotopic (exact) mass is 251 g/mol. The van der Waals surface area contributed by atoms with Gasteiger partial charge in [0, 0.05) is 28.0 Å². The van der Waals surface area contributed by atoms with Crippen LogP contribution in [-0.2, 0) is 6.54 Å². The quantitative estimate of drug-likeness (QED) is 0.815. The van der Waals surface area contributed by atoms with Gasteiger partial charge in [-0.1, -0.05) is 22.0 Å². The number of hydrogen-bond donors (Lipinski definition) is 1. The Morgan fingerprint density at radius 2 is 2.29 bits per heavy atom. The second-order valence-corrected chi connectivity index (χ2v) is 4.04. The van der Waals surface area contributed by atoms with E-state index in [9.17, 15) is 5.11 Å². The van der Waals surface area contributed by atoms with Crippen molar-refractivity contribution in [3.63, 3.8) is 0 Å². The Kier molecular flexibility index (Phi) is 2.33. The van der Waals surface area contributed by atoms with Gasteiger partial charge in [0.2, 0.25) is 0 Å². The van der Waals surface area contributed by atoms with E-state index in [4.69, 9.17) is 0 Å². The maximum atomic E-state index is 9.81. The minimum atomic E-state index is 0.299. The summed E-state index contributed by atoms with van der Waals surface area (Å²) in [5, 5.41) is 11.7. The molecule has 0 bridgehead atoms. The highest BCUT2D eigenvalue weighted by molar-refractivity contribution is 9.10. The van der Waals surface area contributed by atoms with Crippen molar-refractivity contribution >= 4 is 26.7 Å². The number of aromatic hydroxyl groups is 1. The fourth-order valence-electron chi connectivity index (χ4n) is 1.51. The first-order valence-corrected chi connectivity index (χ1v) is 5.10. The van der Waals surface area contributed by atoms with Crippen LogP contribution < -0.4 is 0 Å². The Morgan fingerprint density at radius 1 is 1.50 bits per heavy atom. The molecule has 0 radical (unpaired) electrons. The summed E-state index contributed by atoms with van der Waals surface area (Å²) in [6.07, 6.45) is 3.67. The van der Waals surface area contributed by atoms with E-state index < -0.39 is 0 Å². The maximum absolute atomic E-state index is 9.81. The third-order valence-electron chi connectivity index (χ3n) is 2.15. The van der Waals surface area contributed by atoms with Crippen LogP contribution in [0.5, 0.6) is 5.88 Å². The molecule has 1 heterocycles. The first-order chi connectivity index (χ1) is 6.72. The zero-order valence-electron chi connectivity index (χ0n) is 7.57. The second kappa shape index (κ2) is 3.50. The normalized spacial score (nSPS) is 10.6. The van der Waals surface area contributed by atoms with Gasteiger partial charge >= 0.3 is 0 Å². The van der Waals surface area contributed by atoms with Gasteiger partial charge in [-0.3, -0.25) is 0 Å². The molecule has 0 aliphatic rings. The number of aromatic nitrogens is 1. The van der Waals surface area contributed by atoms with Gasteiger partial charge < -0.3 is 9.67 Å². The molecule has 3 heteroatoms. The van der Waals surface area contributed by atoms with Crippen LogP contribution in [0, 0.1) is 0 Å². The Morgan fingerprint density at radius 3 is 3.00 bits per heavy atom. The Hall–Kier alpha value is -1.22. The van der Waals surface area contributed by atoms with E-state index in [0.29, 0.717) is 12.4 Å². The number of fused-ring (bicyclic) bond motifs is 1. The van der Waals surface area contributed by atoms with Crippen LogP contribution in [0.2, 0.25) is 0 Å². The molecular weight excluding hydrogens is 242 g/mol. The smallest absolute Gasteiger partial charge is 0.199 e. The van der Waals surface area contributed by atoms with Gasteiger partial charge in [0.25, 0.3) is 0 Å². The topological polar surface area (TPSA) is 25.2 Å². The zero-order valence-corrected chi connectivity index (χ0v) is 9.16. The summed E-state index contributed by atoms with van der Waals surface area (Å²) in [7, 11) is 0. The van der Waals surface area contributed by atoms with E-state index >= 15 is 0 Å². The summed E-state index contributed by atoms with van der Waals surface area (Å²) in [6, 6.07) is 5.79. The van der Waals surface area contributed by atoms with Crippen LogP contribution in [0.25, 0.3) is 10.8 Å². The van der Waals surface area contributed by atoms with E-state index in [0.717, 1.165) is 15.2 Å². The van der Waals surface area contributed by atoms with Gasteiger partial charge in [-0.05, 0) is 18.2 Å². The Bertz CT molecular complexity index is 487. The number of rotatable bonds is 2. The molecule has 0 amide bonds. The first kappa shape index (κ1) is 9.34. The second-order valence-electron chi connectivity index (χ2n) is 3.13. The molecule has 0 saturated heterocycles. The number of benzene rings is 1. The molecule has 0 aliphatic carbocycles. The lowest BCUT2D eigenvalue weighted by atomic mass is 10.2. The highest BCUT2D eigenvalue weighted by Crippen LogP contribution is 2.29. The third-order valence-corrected chi connectivity index (χ3v) is 2.64. The Labute approximate surface area is 90.6 Å². The lowest BCUT2D eigenvalue weighted by Gasteiger charge is -1.98. The highest BCUT2D eigenvalue weighted by Gasteiger charge is 2.06. The third kappa shape index (κ3) is 1.44. The molecule has 0 spiro atoms. The van der Waals surface area contributed by atoms with Crippen molar-refractivity contribution in [2.45, 2.75) is 6.54 Å². The van der Waals surface area contributed by atoms with Gasteiger partial charge in [0.15, 0.2) is 5.88 Å². The molecule has 1 N–H and O–H groups in total. The van der Waals surface area contributed by atoms with Gasteiger partial charge in [0.05, 0.1) is 0 Å². The number of halogens is 1. The summed E-state index contributed by atoms with van der Waals surface area (Å²) < 4.78 is 2.78. The van der Waals surface area contributed by atoms with Crippen LogP contribution in [-0.4, -0.2) is 9.67 Å². The Balaban J connectivity index is 2.66. The average molecular weight is 252 g/mol. The van der Waals surface area contributed by atoms with Gasteiger partial charge in [-0.2, -0.15) is 0 Å². The summed E-state index contributed by atoms with van der Waals surface area (Å²) in [6.45, 7) is 4.27.